The summed E-state index contributed by atoms with van der Waals surface area (Å²) in [6.45, 7) is 9.14. The van der Waals surface area contributed by atoms with E-state index >= 15 is 0 Å². The van der Waals surface area contributed by atoms with Gasteiger partial charge in [0.25, 0.3) is 0 Å². The van der Waals surface area contributed by atoms with E-state index in [-0.39, 0.29) is 0 Å². The number of nitrogens with zero attached hydrogens (tertiary/aromatic N) is 1. The molecule has 0 radical (unpaired) electrons. The summed E-state index contributed by atoms with van der Waals surface area (Å²) >= 11 is 0. The Morgan fingerprint density at radius 3 is 2.50 bits per heavy atom. The fourth-order valence-electron chi connectivity index (χ4n) is 1.04. The summed E-state index contributed by atoms with van der Waals surface area (Å²) < 4.78 is 0. The molecule has 0 aromatic heterocycles. The molecule has 0 amide bonds. The maximum Gasteiger partial charge on any atom is 0.0301 e. The van der Waals surface area contributed by atoms with E-state index < -0.39 is 0 Å². The van der Waals surface area contributed by atoms with Crippen LogP contribution in [-0.2, 0) is 0 Å². The zero-order valence-corrected chi connectivity index (χ0v) is 9.90. The van der Waals surface area contributed by atoms with Crippen molar-refractivity contribution in [3.05, 3.63) is 66.1 Å². The van der Waals surface area contributed by atoms with Crippen LogP contribution in [0.3, 0.4) is 0 Å². The highest BCUT2D eigenvalue weighted by Gasteiger charge is 1.98. The minimum absolute atomic E-state index is 0.843. The van der Waals surface area contributed by atoms with Crippen LogP contribution in [0.5, 0.6) is 0 Å². The lowest BCUT2D eigenvalue weighted by molar-refractivity contribution is 1.42. The lowest BCUT2D eigenvalue weighted by Crippen LogP contribution is -1.94. The van der Waals surface area contributed by atoms with Gasteiger partial charge in [-0.25, -0.2) is 0 Å². The third-order valence-corrected chi connectivity index (χ3v) is 1.84. The summed E-state index contributed by atoms with van der Waals surface area (Å²) in [5.74, 6) is 0. The summed E-state index contributed by atoms with van der Waals surface area (Å²) in [4.78, 5) is 3.95. The van der Waals surface area contributed by atoms with Gasteiger partial charge in [0.15, 0.2) is 0 Å². The van der Waals surface area contributed by atoms with Gasteiger partial charge in [-0.2, -0.15) is 0 Å². The van der Waals surface area contributed by atoms with E-state index in [0.29, 0.717) is 0 Å². The maximum atomic E-state index is 5.55. The van der Waals surface area contributed by atoms with Crippen molar-refractivity contribution in [3.8, 4) is 0 Å². The van der Waals surface area contributed by atoms with Gasteiger partial charge in [-0.1, -0.05) is 31.4 Å². The summed E-state index contributed by atoms with van der Waals surface area (Å²) in [5.41, 5.74) is 11.1. The summed E-state index contributed by atoms with van der Waals surface area (Å²) in [5, 5.41) is 0. The van der Waals surface area contributed by atoms with Crippen molar-refractivity contribution in [3.63, 3.8) is 0 Å². The molecular weight excluding hydrogens is 196 g/mol. The molecule has 2 heteroatoms. The van der Waals surface area contributed by atoms with Crippen LogP contribution in [0.4, 0.5) is 0 Å². The Labute approximate surface area is 97.6 Å². The SMILES string of the molecule is C=C=C(C)/C=C(\C=C/C=C)C(/C=NC)=C/N. The van der Waals surface area contributed by atoms with Gasteiger partial charge in [-0.3, -0.25) is 4.99 Å². The molecule has 0 saturated carbocycles. The second-order valence-electron chi connectivity index (χ2n) is 3.06. The normalized spacial score (nSPS) is 13.1. The summed E-state index contributed by atoms with van der Waals surface area (Å²) in [6, 6.07) is 0. The third kappa shape index (κ3) is 4.99. The van der Waals surface area contributed by atoms with Crippen molar-refractivity contribution in [2.45, 2.75) is 6.92 Å². The highest BCUT2D eigenvalue weighted by Crippen LogP contribution is 2.12. The molecule has 0 aromatic carbocycles. The Bertz CT molecular complexity index is 400. The van der Waals surface area contributed by atoms with Crippen LogP contribution < -0.4 is 5.73 Å². The predicted molar refractivity (Wildman–Crippen MR) is 72.4 cm³/mol. The number of hydrogen-bond acceptors (Lipinski definition) is 2. The number of allylic oxidation sites excluding steroid dienone is 7. The van der Waals surface area contributed by atoms with E-state index in [9.17, 15) is 0 Å². The molecule has 0 rings (SSSR count). The molecule has 84 valence electrons. The van der Waals surface area contributed by atoms with E-state index in [0.717, 1.165) is 16.7 Å². The zero-order valence-electron chi connectivity index (χ0n) is 9.90. The van der Waals surface area contributed by atoms with Gasteiger partial charge in [0, 0.05) is 25.0 Å². The summed E-state index contributed by atoms with van der Waals surface area (Å²) in [6.07, 6.45) is 10.6. The average Bonchev–Trinajstić information content (AvgIpc) is 2.31. The fourth-order valence-corrected chi connectivity index (χ4v) is 1.04. The van der Waals surface area contributed by atoms with Crippen LogP contribution in [-0.4, -0.2) is 13.3 Å². The van der Waals surface area contributed by atoms with E-state index in [2.05, 4.69) is 23.9 Å². The summed E-state index contributed by atoms with van der Waals surface area (Å²) in [7, 11) is 1.70. The molecular formula is C14H18N2. The Morgan fingerprint density at radius 2 is 2.06 bits per heavy atom. The van der Waals surface area contributed by atoms with Gasteiger partial charge in [-0.15, -0.1) is 5.73 Å². The molecule has 0 aliphatic heterocycles. The van der Waals surface area contributed by atoms with Crippen molar-refractivity contribution in [1.82, 2.24) is 0 Å². The molecule has 0 saturated heterocycles. The van der Waals surface area contributed by atoms with Crippen molar-refractivity contribution in [1.29, 1.82) is 0 Å². The van der Waals surface area contributed by atoms with Crippen LogP contribution in [0.15, 0.2) is 71.1 Å². The number of rotatable bonds is 5. The van der Waals surface area contributed by atoms with Crippen LogP contribution in [0.1, 0.15) is 6.92 Å². The van der Waals surface area contributed by atoms with Gasteiger partial charge in [-0.05, 0) is 24.1 Å². The fraction of sp³-hybridized carbons (Fsp3) is 0.143. The molecule has 0 aliphatic carbocycles. The Hall–Kier alpha value is -2.05. The van der Waals surface area contributed by atoms with Gasteiger partial charge in [0.1, 0.15) is 0 Å². The maximum absolute atomic E-state index is 5.55. The van der Waals surface area contributed by atoms with Crippen molar-refractivity contribution >= 4 is 6.21 Å². The van der Waals surface area contributed by atoms with Crippen LogP contribution in [0.25, 0.3) is 0 Å². The lowest BCUT2D eigenvalue weighted by atomic mass is 10.0. The standard InChI is InChI=1S/C14H18N2/c1-5-7-8-13(9-12(3)6-2)14(10-15)11-16-4/h5,7-11H,1-2,15H2,3-4H3/b8-7-,13-9+,14-10+,16-11?. The Balaban J connectivity index is 5.39. The highest BCUT2D eigenvalue weighted by atomic mass is 14.6. The minimum atomic E-state index is 0.843. The Morgan fingerprint density at radius 1 is 1.38 bits per heavy atom. The molecule has 16 heavy (non-hydrogen) atoms. The quantitative estimate of drug-likeness (QED) is 0.426. The van der Waals surface area contributed by atoms with Crippen molar-refractivity contribution in [2.24, 2.45) is 10.7 Å². The topological polar surface area (TPSA) is 38.4 Å². The first-order valence-corrected chi connectivity index (χ1v) is 4.91. The molecule has 2 N–H and O–H groups in total. The van der Waals surface area contributed by atoms with E-state index in [4.69, 9.17) is 5.73 Å². The largest absolute Gasteiger partial charge is 0.404 e. The van der Waals surface area contributed by atoms with Gasteiger partial charge in [0.2, 0.25) is 0 Å². The van der Waals surface area contributed by atoms with Gasteiger partial charge in [0.05, 0.1) is 0 Å². The second kappa shape index (κ2) is 8.27. The van der Waals surface area contributed by atoms with Crippen LogP contribution in [0.2, 0.25) is 0 Å². The minimum Gasteiger partial charge on any atom is -0.404 e. The van der Waals surface area contributed by atoms with E-state index in [1.807, 2.05) is 25.2 Å². The lowest BCUT2D eigenvalue weighted by Gasteiger charge is -2.02. The molecule has 0 fully saturated rings. The second-order valence-corrected chi connectivity index (χ2v) is 3.06. The third-order valence-electron chi connectivity index (χ3n) is 1.84. The average molecular weight is 214 g/mol. The predicted octanol–water partition coefficient (Wildman–Crippen LogP) is 2.93. The molecule has 0 bridgehead atoms. The number of hydrogen-bond donors (Lipinski definition) is 1. The zero-order chi connectivity index (χ0) is 12.4. The van der Waals surface area contributed by atoms with Crippen molar-refractivity contribution < 1.29 is 0 Å². The molecule has 0 aliphatic rings. The monoisotopic (exact) mass is 214 g/mol. The smallest absolute Gasteiger partial charge is 0.0301 e. The number of nitrogens with two attached hydrogens (primary N) is 1. The molecule has 0 heterocycles. The molecule has 0 aromatic rings. The van der Waals surface area contributed by atoms with Crippen LogP contribution >= 0.6 is 0 Å². The first kappa shape index (κ1) is 13.9. The van der Waals surface area contributed by atoms with Gasteiger partial charge < -0.3 is 5.73 Å². The van der Waals surface area contributed by atoms with E-state index in [1.54, 1.807) is 19.3 Å². The number of aliphatic imine (C=N–C) groups is 1. The van der Waals surface area contributed by atoms with Crippen molar-refractivity contribution in [2.75, 3.05) is 7.05 Å². The van der Waals surface area contributed by atoms with Crippen LogP contribution in [0, 0.1) is 0 Å². The van der Waals surface area contributed by atoms with E-state index in [1.165, 1.54) is 6.20 Å². The van der Waals surface area contributed by atoms with Gasteiger partial charge >= 0.3 is 0 Å². The Kier molecular flexibility index (Phi) is 7.21. The molecule has 0 unspecified atom stereocenters. The first-order valence-electron chi connectivity index (χ1n) is 4.91. The molecule has 2 nitrogen and oxygen atoms in total. The highest BCUT2D eigenvalue weighted by molar-refractivity contribution is 5.86. The molecule has 0 atom stereocenters. The first-order chi connectivity index (χ1) is 7.69. The molecule has 0 spiro atoms.